The van der Waals surface area contributed by atoms with Gasteiger partial charge in [-0.3, -0.25) is 9.48 Å². The van der Waals surface area contributed by atoms with Gasteiger partial charge in [0.05, 0.1) is 64.1 Å². The van der Waals surface area contributed by atoms with Gasteiger partial charge in [-0.2, -0.15) is 34.6 Å². The summed E-state index contributed by atoms with van der Waals surface area (Å²) in [5.41, 5.74) is 5.62. The lowest BCUT2D eigenvalue weighted by atomic mass is 10.2. The molecule has 0 radical (unpaired) electrons. The van der Waals surface area contributed by atoms with Crippen molar-refractivity contribution in [3.05, 3.63) is 70.2 Å². The Bertz CT molecular complexity index is 2610. The van der Waals surface area contributed by atoms with Crippen molar-refractivity contribution in [3.8, 4) is 5.88 Å². The number of rotatable bonds is 11. The summed E-state index contributed by atoms with van der Waals surface area (Å²) >= 11 is 9.59. The summed E-state index contributed by atoms with van der Waals surface area (Å²) in [5.74, 6) is 1.72. The van der Waals surface area contributed by atoms with Crippen molar-refractivity contribution < 1.29 is 23.8 Å². The van der Waals surface area contributed by atoms with E-state index in [0.29, 0.717) is 91.2 Å². The van der Waals surface area contributed by atoms with E-state index < -0.39 is 6.09 Å². The Morgan fingerprint density at radius 2 is 1.82 bits per heavy atom. The van der Waals surface area contributed by atoms with Crippen LogP contribution >= 0.6 is 27.5 Å². The molecular formula is C39H46BrClN16O5. The molecule has 0 saturated carbocycles. The van der Waals surface area contributed by atoms with Gasteiger partial charge >= 0.3 is 6.09 Å². The summed E-state index contributed by atoms with van der Waals surface area (Å²) < 4.78 is 20.1. The van der Waals surface area contributed by atoms with Crippen molar-refractivity contribution in [2.75, 3.05) is 92.8 Å². The van der Waals surface area contributed by atoms with Crippen LogP contribution in [-0.2, 0) is 21.3 Å². The number of hydrogen-bond acceptors (Lipinski definition) is 16. The number of fused-ring (bicyclic) bond motifs is 3. The van der Waals surface area contributed by atoms with E-state index in [4.69, 9.17) is 35.8 Å². The monoisotopic (exact) mass is 932 g/mol. The number of aromatic nitrogens is 9. The minimum absolute atomic E-state index is 0.0252. The smallest absolute Gasteiger partial charge is 0.410 e. The Labute approximate surface area is 369 Å². The van der Waals surface area contributed by atoms with E-state index in [9.17, 15) is 9.59 Å². The predicted octanol–water partition coefficient (Wildman–Crippen LogP) is 4.63. The van der Waals surface area contributed by atoms with Gasteiger partial charge in [-0.25, -0.2) is 4.79 Å². The van der Waals surface area contributed by atoms with Crippen LogP contribution in [0.2, 0.25) is 5.02 Å². The third-order valence-corrected chi connectivity index (χ3v) is 11.3. The highest BCUT2D eigenvalue weighted by molar-refractivity contribution is 9.10. The standard InChI is InChI=1S/C28H35BrN10O4.C11H11ClN6O/c1-17-4-5-21-22(12-17)33-23(32-21)14-30-26-35-27(34-24-20(29)13-31-39(24)26)36-8-10-37(11-9-36)28(41)43-16-18(2)25(40)38-7-6-19(15-38)42-3;1-18-5-6(3-14-18)15-11-16-9-8(7(12)4-13-9)10(17-11)19-2/h4-5,12-13,19,23,32-33H,2,6-11,14-16H2,1,3H3,(H,30,34,35);3-5H,1-2H3,(H2,13,15,16,17). The highest BCUT2D eigenvalue weighted by atomic mass is 79.9. The van der Waals surface area contributed by atoms with E-state index in [0.717, 1.165) is 28.0 Å². The summed E-state index contributed by atoms with van der Waals surface area (Å²) in [6.45, 7) is 9.31. The molecule has 2 atom stereocenters. The minimum atomic E-state index is -0.477. The summed E-state index contributed by atoms with van der Waals surface area (Å²) in [6.07, 6.45) is 7.16. The fourth-order valence-electron chi connectivity index (χ4n) is 7.21. The number of benzene rings is 1. The molecule has 2 fully saturated rings. The van der Waals surface area contributed by atoms with E-state index in [2.05, 4.69) is 94.0 Å². The fourth-order valence-corrected chi connectivity index (χ4v) is 7.78. The molecule has 5 N–H and O–H groups in total. The molecule has 3 aliphatic rings. The number of nitrogens with zero attached hydrogens (tertiary/aromatic N) is 11. The van der Waals surface area contributed by atoms with Gasteiger partial charge in [-0.15, -0.1) is 0 Å². The molecule has 2 saturated heterocycles. The van der Waals surface area contributed by atoms with Gasteiger partial charge < -0.3 is 55.2 Å². The van der Waals surface area contributed by atoms with E-state index in [-0.39, 0.29) is 30.4 Å². The predicted molar refractivity (Wildman–Crippen MR) is 237 cm³/mol. The van der Waals surface area contributed by atoms with Gasteiger partial charge in [0, 0.05) is 71.4 Å². The number of carbonyl (C=O) groups is 2. The third kappa shape index (κ3) is 9.26. The zero-order chi connectivity index (χ0) is 43.5. The molecule has 23 heteroatoms. The van der Waals surface area contributed by atoms with E-state index in [1.165, 1.54) is 5.56 Å². The maximum Gasteiger partial charge on any atom is 0.410 e. The summed E-state index contributed by atoms with van der Waals surface area (Å²) in [7, 11) is 5.01. The molecule has 9 rings (SSSR count). The topological polar surface area (TPSA) is 222 Å². The number of aryl methyl sites for hydroxylation is 2. The molecule has 0 bridgehead atoms. The summed E-state index contributed by atoms with van der Waals surface area (Å²) in [6, 6.07) is 6.26. The molecule has 8 heterocycles. The molecule has 0 aliphatic carbocycles. The zero-order valence-corrected chi connectivity index (χ0v) is 36.8. The second-order valence-corrected chi connectivity index (χ2v) is 16.1. The molecule has 62 heavy (non-hydrogen) atoms. The van der Waals surface area contributed by atoms with Gasteiger partial charge in [0.2, 0.25) is 23.7 Å². The molecule has 1 aromatic carbocycles. The van der Waals surface area contributed by atoms with Gasteiger partial charge in [0.25, 0.3) is 5.91 Å². The molecule has 21 nitrogen and oxygen atoms in total. The first-order valence-corrected chi connectivity index (χ1v) is 20.9. The van der Waals surface area contributed by atoms with Gasteiger partial charge in [-0.1, -0.05) is 24.2 Å². The van der Waals surface area contributed by atoms with Crippen LogP contribution in [0.25, 0.3) is 16.7 Å². The quantitative estimate of drug-likeness (QED) is 0.112. The molecule has 6 aromatic rings. The second-order valence-electron chi connectivity index (χ2n) is 14.8. The Hall–Kier alpha value is -6.39. The molecule has 2 unspecified atom stereocenters. The normalized spacial score (nSPS) is 17.0. The number of halogens is 2. The molecule has 3 aliphatic heterocycles. The number of amides is 2. The lowest BCUT2D eigenvalue weighted by Gasteiger charge is -2.34. The lowest BCUT2D eigenvalue weighted by Crippen LogP contribution is -2.49. The van der Waals surface area contributed by atoms with Crippen LogP contribution in [0.15, 0.2) is 59.6 Å². The van der Waals surface area contributed by atoms with Crippen LogP contribution < -0.4 is 30.9 Å². The highest BCUT2D eigenvalue weighted by Crippen LogP contribution is 2.32. The van der Waals surface area contributed by atoms with Crippen LogP contribution in [0.1, 0.15) is 12.0 Å². The number of ether oxygens (including phenoxy) is 3. The van der Waals surface area contributed by atoms with Crippen molar-refractivity contribution in [2.45, 2.75) is 25.6 Å². The van der Waals surface area contributed by atoms with E-state index in [1.54, 1.807) is 51.8 Å². The van der Waals surface area contributed by atoms with Crippen molar-refractivity contribution in [1.82, 2.24) is 54.1 Å². The summed E-state index contributed by atoms with van der Waals surface area (Å²) in [5, 5.41) is 23.1. The number of anilines is 6. The van der Waals surface area contributed by atoms with Crippen molar-refractivity contribution in [3.63, 3.8) is 0 Å². The number of carbonyl (C=O) groups excluding carboxylic acids is 2. The molecule has 5 aromatic heterocycles. The first-order valence-electron chi connectivity index (χ1n) is 19.8. The number of piperazine rings is 1. The Morgan fingerprint density at radius 1 is 1.02 bits per heavy atom. The Kier molecular flexibility index (Phi) is 12.5. The maximum absolute atomic E-state index is 12.8. The number of aromatic amines is 1. The molecule has 0 spiro atoms. The minimum Gasteiger partial charge on any atom is -0.480 e. The van der Waals surface area contributed by atoms with Crippen LogP contribution in [0, 0.1) is 6.92 Å². The number of nitrogens with one attached hydrogen (secondary N) is 5. The first-order chi connectivity index (χ1) is 30.0. The average Bonchev–Trinajstić information content (AvgIpc) is 4.14. The van der Waals surface area contributed by atoms with Gasteiger partial charge in [-0.05, 0) is 47.0 Å². The number of methoxy groups -OCH3 is 2. The number of likely N-dealkylation sites (tertiary alicyclic amines) is 1. The SMILES string of the molecule is C=C(COC(=O)N1CCN(c2nc(NCC3Nc4ccc(C)cc4N3)n3ncc(Br)c3n2)CC1)C(=O)N1CCC(OC)C1.COc1nc(Nc2cnn(C)c2)nc2[nH]cc(Cl)c12. The van der Waals surface area contributed by atoms with Crippen LogP contribution in [0.5, 0.6) is 5.88 Å². The fraction of sp³-hybridized carbons (Fsp3) is 0.385. The van der Waals surface area contributed by atoms with E-state index >= 15 is 0 Å². The zero-order valence-electron chi connectivity index (χ0n) is 34.5. The lowest BCUT2D eigenvalue weighted by molar-refractivity contribution is -0.127. The van der Waals surface area contributed by atoms with Crippen molar-refractivity contribution in [2.24, 2.45) is 7.05 Å². The molecule has 2 amide bonds. The largest absolute Gasteiger partial charge is 0.480 e. The summed E-state index contributed by atoms with van der Waals surface area (Å²) in [4.78, 5) is 51.8. The molecular weight excluding hydrogens is 888 g/mol. The Balaban J connectivity index is 0.000000231. The van der Waals surface area contributed by atoms with Gasteiger partial charge in [0.15, 0.2) is 5.65 Å². The first kappa shape index (κ1) is 42.3. The number of H-pyrrole nitrogens is 1. The highest BCUT2D eigenvalue weighted by Gasteiger charge is 2.30. The van der Waals surface area contributed by atoms with E-state index in [1.807, 2.05) is 18.1 Å². The number of hydrogen-bond donors (Lipinski definition) is 5. The van der Waals surface area contributed by atoms with Crippen LogP contribution in [0.4, 0.5) is 39.7 Å². The third-order valence-electron chi connectivity index (χ3n) is 10.5. The molecule has 326 valence electrons. The maximum atomic E-state index is 12.8. The van der Waals surface area contributed by atoms with Gasteiger partial charge in [0.1, 0.15) is 18.4 Å². The van der Waals surface area contributed by atoms with Crippen molar-refractivity contribution in [1.29, 1.82) is 0 Å². The van der Waals surface area contributed by atoms with Crippen molar-refractivity contribution >= 4 is 91.1 Å². The van der Waals surface area contributed by atoms with Crippen LogP contribution in [0.3, 0.4) is 0 Å². The van der Waals surface area contributed by atoms with Crippen LogP contribution in [-0.4, -0.2) is 145 Å². The second kappa shape index (κ2) is 18.3. The average molecular weight is 934 g/mol. The Morgan fingerprint density at radius 3 is 2.56 bits per heavy atom.